The van der Waals surface area contributed by atoms with Crippen LogP contribution in [0.1, 0.15) is 57.9 Å². The molecule has 26 heavy (non-hydrogen) atoms. The Morgan fingerprint density at radius 3 is 2.62 bits per heavy atom. The number of H-pyrrole nitrogens is 1. The van der Waals surface area contributed by atoms with Crippen molar-refractivity contribution in [2.24, 2.45) is 5.73 Å². The van der Waals surface area contributed by atoms with Gasteiger partial charge in [0.05, 0.1) is 12.1 Å². The van der Waals surface area contributed by atoms with Crippen molar-refractivity contribution in [3.63, 3.8) is 0 Å². The summed E-state index contributed by atoms with van der Waals surface area (Å²) in [5, 5.41) is 16.6. The molecule has 1 aromatic heterocycles. The lowest BCUT2D eigenvalue weighted by atomic mass is 9.98. The Morgan fingerprint density at radius 2 is 2.00 bits per heavy atom. The van der Waals surface area contributed by atoms with E-state index < -0.39 is 11.5 Å². The van der Waals surface area contributed by atoms with E-state index in [-0.39, 0.29) is 11.6 Å². The molecule has 0 fully saturated rings. The Kier molecular flexibility index (Phi) is 4.82. The molecule has 2 heterocycles. The maximum absolute atomic E-state index is 12.8. The highest BCUT2D eigenvalue weighted by molar-refractivity contribution is 5.95. The molecule has 0 atom stereocenters. The van der Waals surface area contributed by atoms with Crippen molar-refractivity contribution in [3.8, 4) is 0 Å². The van der Waals surface area contributed by atoms with Crippen LogP contribution < -0.4 is 5.73 Å². The summed E-state index contributed by atoms with van der Waals surface area (Å²) < 4.78 is 0. The molecule has 7 heteroatoms. The molecule has 3 rings (SSSR count). The van der Waals surface area contributed by atoms with Crippen LogP contribution in [0.15, 0.2) is 24.3 Å². The van der Waals surface area contributed by atoms with Crippen LogP contribution in [0.2, 0.25) is 0 Å². The third kappa shape index (κ3) is 3.94. The van der Waals surface area contributed by atoms with E-state index in [2.05, 4.69) is 10.2 Å². The van der Waals surface area contributed by atoms with E-state index in [0.717, 1.165) is 17.7 Å². The van der Waals surface area contributed by atoms with Gasteiger partial charge in [0.15, 0.2) is 5.69 Å². The average molecular weight is 356 g/mol. The minimum atomic E-state index is -0.706. The molecule has 0 saturated heterocycles. The summed E-state index contributed by atoms with van der Waals surface area (Å²) in [6, 6.07) is 7.45. The topological polar surface area (TPSA) is 112 Å². The molecular formula is C19H24N4O3. The number of fused-ring (bicyclic) bond motifs is 1. The predicted octanol–water partition coefficient (Wildman–Crippen LogP) is 1.41. The number of amides is 2. The molecule has 0 radical (unpaired) electrons. The molecule has 2 amide bonds. The van der Waals surface area contributed by atoms with Gasteiger partial charge in [-0.05, 0) is 44.4 Å². The number of primary amides is 1. The lowest BCUT2D eigenvalue weighted by Crippen LogP contribution is -2.36. The largest absolute Gasteiger partial charge is 0.390 e. The van der Waals surface area contributed by atoms with Crippen LogP contribution in [0.4, 0.5) is 0 Å². The number of aromatic amines is 1. The monoisotopic (exact) mass is 356 g/mol. The van der Waals surface area contributed by atoms with Crippen LogP contribution in [0.25, 0.3) is 0 Å². The first-order chi connectivity index (χ1) is 12.2. The molecule has 4 N–H and O–H groups in total. The molecule has 0 saturated carbocycles. The van der Waals surface area contributed by atoms with Crippen molar-refractivity contribution in [3.05, 3.63) is 52.3 Å². The molecule has 0 unspecified atom stereocenters. The zero-order valence-corrected chi connectivity index (χ0v) is 15.1. The first-order valence-corrected chi connectivity index (χ1v) is 8.71. The fourth-order valence-electron chi connectivity index (χ4n) is 3.12. The minimum Gasteiger partial charge on any atom is -0.390 e. The van der Waals surface area contributed by atoms with Crippen LogP contribution >= 0.6 is 0 Å². The number of nitrogens with two attached hydrogens (primary N) is 1. The molecule has 1 aliphatic rings. The Morgan fingerprint density at radius 1 is 1.31 bits per heavy atom. The Balaban J connectivity index is 1.70. The molecule has 1 aromatic carbocycles. The van der Waals surface area contributed by atoms with E-state index in [1.54, 1.807) is 18.7 Å². The van der Waals surface area contributed by atoms with E-state index in [0.29, 0.717) is 37.1 Å². The average Bonchev–Trinajstić information content (AvgIpc) is 3.02. The number of aryl methyl sites for hydroxylation is 1. The highest BCUT2D eigenvalue weighted by Gasteiger charge is 2.27. The molecule has 7 nitrogen and oxygen atoms in total. The zero-order valence-electron chi connectivity index (χ0n) is 15.1. The van der Waals surface area contributed by atoms with E-state index in [1.165, 1.54) is 0 Å². The summed E-state index contributed by atoms with van der Waals surface area (Å²) in [6.45, 7) is 4.45. The summed E-state index contributed by atoms with van der Waals surface area (Å²) in [5.74, 6) is -0.672. The summed E-state index contributed by atoms with van der Waals surface area (Å²) in [7, 11) is 0. The van der Waals surface area contributed by atoms with Crippen LogP contribution in [0, 0.1) is 0 Å². The number of carbonyl (C=O) groups excluding carboxylic acids is 2. The van der Waals surface area contributed by atoms with E-state index in [9.17, 15) is 14.7 Å². The van der Waals surface area contributed by atoms with Crippen molar-refractivity contribution < 1.29 is 14.7 Å². The second kappa shape index (κ2) is 6.92. The van der Waals surface area contributed by atoms with Gasteiger partial charge in [0.25, 0.3) is 11.8 Å². The molecule has 0 aliphatic carbocycles. The number of rotatable bonds is 5. The quantitative estimate of drug-likeness (QED) is 0.752. The van der Waals surface area contributed by atoms with Gasteiger partial charge >= 0.3 is 0 Å². The minimum absolute atomic E-state index is 0.0821. The highest BCUT2D eigenvalue weighted by Crippen LogP contribution is 2.22. The first kappa shape index (κ1) is 18.1. The third-order valence-corrected chi connectivity index (χ3v) is 4.68. The second-order valence-electron chi connectivity index (χ2n) is 7.38. The summed E-state index contributed by atoms with van der Waals surface area (Å²) in [6.07, 6.45) is 2.03. The fraction of sp³-hybridized carbons (Fsp3) is 0.421. The molecule has 1 aliphatic heterocycles. The predicted molar refractivity (Wildman–Crippen MR) is 96.6 cm³/mol. The normalized spacial score (nSPS) is 14.2. The van der Waals surface area contributed by atoms with Crippen LogP contribution in [-0.4, -0.2) is 44.2 Å². The Bertz CT molecular complexity index is 818. The van der Waals surface area contributed by atoms with Crippen molar-refractivity contribution in [2.45, 2.75) is 45.3 Å². The molecular weight excluding hydrogens is 332 g/mol. The lowest BCUT2D eigenvalue weighted by Gasteiger charge is -2.27. The number of nitrogens with one attached hydrogen (secondary N) is 1. The Labute approximate surface area is 152 Å². The maximum atomic E-state index is 12.8. The van der Waals surface area contributed by atoms with Crippen LogP contribution in [-0.2, 0) is 19.4 Å². The van der Waals surface area contributed by atoms with Gasteiger partial charge in [-0.25, -0.2) is 0 Å². The van der Waals surface area contributed by atoms with Gasteiger partial charge in [0.1, 0.15) is 0 Å². The van der Waals surface area contributed by atoms with Crippen molar-refractivity contribution in [2.75, 3.05) is 6.54 Å². The molecule has 0 spiro atoms. The van der Waals surface area contributed by atoms with Gasteiger partial charge in [0, 0.05) is 29.8 Å². The number of aliphatic hydroxyl groups is 1. The summed E-state index contributed by atoms with van der Waals surface area (Å²) >= 11 is 0. The van der Waals surface area contributed by atoms with Gasteiger partial charge in [-0.15, -0.1) is 0 Å². The number of hydrogen-bond donors (Lipinski definition) is 3. The molecule has 138 valence electrons. The summed E-state index contributed by atoms with van der Waals surface area (Å²) in [4.78, 5) is 26.0. The smallest absolute Gasteiger partial charge is 0.269 e. The third-order valence-electron chi connectivity index (χ3n) is 4.68. The lowest BCUT2D eigenvalue weighted by molar-refractivity contribution is 0.0710. The van der Waals surface area contributed by atoms with Crippen LogP contribution in [0.3, 0.4) is 0 Å². The van der Waals surface area contributed by atoms with Crippen molar-refractivity contribution in [1.29, 1.82) is 0 Å². The zero-order chi connectivity index (χ0) is 18.9. The van der Waals surface area contributed by atoms with Crippen molar-refractivity contribution in [1.82, 2.24) is 15.1 Å². The van der Waals surface area contributed by atoms with Gasteiger partial charge in [-0.2, -0.15) is 5.10 Å². The first-order valence-electron chi connectivity index (χ1n) is 8.71. The van der Waals surface area contributed by atoms with Crippen LogP contribution in [0.5, 0.6) is 0 Å². The van der Waals surface area contributed by atoms with E-state index >= 15 is 0 Å². The molecule has 2 aromatic rings. The number of carbonyl (C=O) groups is 2. The van der Waals surface area contributed by atoms with E-state index in [1.807, 2.05) is 24.3 Å². The number of benzene rings is 1. The van der Waals surface area contributed by atoms with Crippen molar-refractivity contribution >= 4 is 11.8 Å². The number of aromatic nitrogens is 2. The summed E-state index contributed by atoms with van der Waals surface area (Å²) in [5.41, 5.74) is 8.10. The van der Waals surface area contributed by atoms with E-state index in [4.69, 9.17) is 5.73 Å². The fourth-order valence-corrected chi connectivity index (χ4v) is 3.12. The maximum Gasteiger partial charge on any atom is 0.269 e. The van der Waals surface area contributed by atoms with Gasteiger partial charge in [-0.3, -0.25) is 14.7 Å². The number of hydrogen-bond acceptors (Lipinski definition) is 4. The number of nitrogens with zero attached hydrogens (tertiary/aromatic N) is 2. The van der Waals surface area contributed by atoms with Gasteiger partial charge in [-0.1, -0.05) is 12.1 Å². The highest BCUT2D eigenvalue weighted by atomic mass is 16.3. The SMILES string of the molecule is CC(C)(O)CCc1ccc(C(=O)N2CCc3[nH]nc(C(N)=O)c3C2)cc1. The van der Waals surface area contributed by atoms with Gasteiger partial charge in [0.2, 0.25) is 0 Å². The standard InChI is InChI=1S/C19H24N4O3/c1-19(2,26)9-7-12-3-5-13(6-4-12)18(25)23-10-8-15-14(11-23)16(17(20)24)22-21-15/h3-6,26H,7-11H2,1-2H3,(H2,20,24)(H,21,22). The van der Waals surface area contributed by atoms with Gasteiger partial charge < -0.3 is 15.7 Å². The second-order valence-corrected chi connectivity index (χ2v) is 7.38. The Hall–Kier alpha value is -2.67. The molecule has 0 bridgehead atoms.